The van der Waals surface area contributed by atoms with Crippen molar-refractivity contribution in [2.45, 2.75) is 0 Å². The highest BCUT2D eigenvalue weighted by Gasteiger charge is 2.27. The van der Waals surface area contributed by atoms with Crippen molar-refractivity contribution in [3.8, 4) is 0 Å². The molecule has 0 atom stereocenters. The van der Waals surface area contributed by atoms with Crippen LogP contribution in [0, 0.1) is 0 Å². The lowest BCUT2D eigenvalue weighted by molar-refractivity contribution is 0.0518. The third-order valence-electron chi connectivity index (χ3n) is 5.41. The summed E-state index contributed by atoms with van der Waals surface area (Å²) in [5, 5.41) is 0. The molecule has 2 aliphatic heterocycles. The number of likely N-dealkylation sites (N-methyl/N-ethyl adjacent to an activating group) is 1. The number of aromatic nitrogens is 1. The Kier molecular flexibility index (Phi) is 5.29. The number of nitrogens with zero attached hydrogens (tertiary/aromatic N) is 5. The molecule has 2 aliphatic rings. The van der Waals surface area contributed by atoms with Gasteiger partial charge in [0.05, 0.1) is 11.8 Å². The molecule has 0 aliphatic carbocycles. The zero-order chi connectivity index (χ0) is 19.5. The van der Waals surface area contributed by atoms with Crippen molar-refractivity contribution in [3.63, 3.8) is 0 Å². The van der Waals surface area contributed by atoms with Crippen LogP contribution in [0.3, 0.4) is 0 Å². The molecule has 0 bridgehead atoms. The Morgan fingerprint density at radius 3 is 2.14 bits per heavy atom. The van der Waals surface area contributed by atoms with Crippen LogP contribution in [0.1, 0.15) is 20.9 Å². The number of hydrogen-bond acceptors (Lipinski definition) is 6. The van der Waals surface area contributed by atoms with Crippen LogP contribution in [0.5, 0.6) is 0 Å². The molecule has 2 fully saturated rings. The fraction of sp³-hybridized carbons (Fsp3) is 0.450. The fourth-order valence-corrected chi connectivity index (χ4v) is 3.59. The van der Waals surface area contributed by atoms with E-state index in [1.165, 1.54) is 6.26 Å². The number of pyridine rings is 1. The molecule has 0 unspecified atom stereocenters. The Labute approximate surface area is 164 Å². The molecule has 2 aromatic heterocycles. The highest BCUT2D eigenvalue weighted by Crippen LogP contribution is 2.16. The van der Waals surface area contributed by atoms with Crippen molar-refractivity contribution < 1.29 is 14.0 Å². The molecule has 4 rings (SSSR count). The molecule has 4 heterocycles. The number of amides is 2. The van der Waals surface area contributed by atoms with Crippen molar-refractivity contribution in [3.05, 3.63) is 48.0 Å². The summed E-state index contributed by atoms with van der Waals surface area (Å²) >= 11 is 0. The predicted octanol–water partition coefficient (Wildman–Crippen LogP) is 1.02. The van der Waals surface area contributed by atoms with Gasteiger partial charge in [0, 0.05) is 58.6 Å². The Balaban J connectivity index is 1.33. The molecular formula is C20H25N5O3. The molecule has 0 spiro atoms. The van der Waals surface area contributed by atoms with E-state index in [1.807, 2.05) is 12.1 Å². The van der Waals surface area contributed by atoms with Gasteiger partial charge in [0.1, 0.15) is 5.82 Å². The minimum absolute atomic E-state index is 0.0393. The van der Waals surface area contributed by atoms with Crippen molar-refractivity contribution in [1.29, 1.82) is 0 Å². The van der Waals surface area contributed by atoms with Crippen LogP contribution in [0.15, 0.2) is 41.1 Å². The monoisotopic (exact) mass is 383 g/mol. The van der Waals surface area contributed by atoms with Gasteiger partial charge >= 0.3 is 0 Å². The van der Waals surface area contributed by atoms with E-state index in [2.05, 4.69) is 21.8 Å². The number of furan rings is 1. The molecule has 0 radical (unpaired) electrons. The normalized spacial score (nSPS) is 18.4. The van der Waals surface area contributed by atoms with E-state index in [9.17, 15) is 9.59 Å². The third kappa shape index (κ3) is 3.87. The van der Waals surface area contributed by atoms with Gasteiger partial charge in [0.15, 0.2) is 5.76 Å². The minimum Gasteiger partial charge on any atom is -0.459 e. The summed E-state index contributed by atoms with van der Waals surface area (Å²) in [6.07, 6.45) is 3.15. The second-order valence-corrected chi connectivity index (χ2v) is 7.26. The van der Waals surface area contributed by atoms with Gasteiger partial charge in [0.25, 0.3) is 11.8 Å². The summed E-state index contributed by atoms with van der Waals surface area (Å²) in [6, 6.07) is 7.14. The second-order valence-electron chi connectivity index (χ2n) is 7.26. The molecule has 28 heavy (non-hydrogen) atoms. The Morgan fingerprint density at radius 1 is 0.893 bits per heavy atom. The molecule has 2 amide bonds. The average molecular weight is 383 g/mol. The number of rotatable bonds is 3. The van der Waals surface area contributed by atoms with E-state index in [0.717, 1.165) is 32.0 Å². The van der Waals surface area contributed by atoms with E-state index >= 15 is 0 Å². The molecule has 2 aromatic rings. The van der Waals surface area contributed by atoms with Gasteiger partial charge in [-0.25, -0.2) is 4.98 Å². The summed E-state index contributed by atoms with van der Waals surface area (Å²) in [4.78, 5) is 37.6. The van der Waals surface area contributed by atoms with Crippen LogP contribution in [-0.2, 0) is 0 Å². The SMILES string of the molecule is CN1CCN(c2ccc(C(=O)N3CCN(C(=O)c4ccco4)CC3)cn2)CC1. The summed E-state index contributed by atoms with van der Waals surface area (Å²) in [6.45, 7) is 5.94. The van der Waals surface area contributed by atoms with Gasteiger partial charge in [0.2, 0.25) is 0 Å². The van der Waals surface area contributed by atoms with Gasteiger partial charge in [-0.3, -0.25) is 9.59 Å². The van der Waals surface area contributed by atoms with Gasteiger partial charge in [-0.1, -0.05) is 0 Å². The first-order valence-electron chi connectivity index (χ1n) is 9.63. The maximum atomic E-state index is 12.8. The first kappa shape index (κ1) is 18.5. The molecule has 2 saturated heterocycles. The van der Waals surface area contributed by atoms with Gasteiger partial charge in [-0.05, 0) is 31.3 Å². The molecule has 0 N–H and O–H groups in total. The fourth-order valence-electron chi connectivity index (χ4n) is 3.59. The number of piperazine rings is 2. The zero-order valence-corrected chi connectivity index (χ0v) is 16.1. The topological polar surface area (TPSA) is 73.1 Å². The van der Waals surface area contributed by atoms with Crippen molar-refractivity contribution >= 4 is 17.6 Å². The van der Waals surface area contributed by atoms with Crippen LogP contribution < -0.4 is 4.90 Å². The Morgan fingerprint density at radius 2 is 1.57 bits per heavy atom. The predicted molar refractivity (Wildman–Crippen MR) is 104 cm³/mol. The lowest BCUT2D eigenvalue weighted by atomic mass is 10.2. The summed E-state index contributed by atoms with van der Waals surface area (Å²) in [5.74, 6) is 1.08. The first-order valence-corrected chi connectivity index (χ1v) is 9.63. The van der Waals surface area contributed by atoms with Crippen LogP contribution in [0.2, 0.25) is 0 Å². The summed E-state index contributed by atoms with van der Waals surface area (Å²) < 4.78 is 5.17. The summed E-state index contributed by atoms with van der Waals surface area (Å²) in [7, 11) is 2.12. The van der Waals surface area contributed by atoms with E-state index in [0.29, 0.717) is 37.5 Å². The van der Waals surface area contributed by atoms with E-state index in [4.69, 9.17) is 4.42 Å². The molecule has 8 heteroatoms. The number of carbonyl (C=O) groups excluding carboxylic acids is 2. The lowest BCUT2D eigenvalue weighted by Crippen LogP contribution is -2.50. The maximum absolute atomic E-state index is 12.8. The molecule has 8 nitrogen and oxygen atoms in total. The Bertz CT molecular complexity index is 805. The van der Waals surface area contributed by atoms with Crippen molar-refractivity contribution in [2.24, 2.45) is 0 Å². The highest BCUT2D eigenvalue weighted by molar-refractivity contribution is 5.95. The standard InChI is InChI=1S/C20H25N5O3/c1-22-6-8-23(9-7-22)18-5-4-16(15-21-18)19(26)24-10-12-25(13-11-24)20(27)17-3-2-14-28-17/h2-5,14-15H,6-13H2,1H3. The van der Waals surface area contributed by atoms with Gasteiger partial charge in [-0.15, -0.1) is 0 Å². The molecule has 0 saturated carbocycles. The first-order chi connectivity index (χ1) is 13.6. The highest BCUT2D eigenvalue weighted by atomic mass is 16.3. The van der Waals surface area contributed by atoms with Crippen molar-refractivity contribution in [1.82, 2.24) is 19.7 Å². The van der Waals surface area contributed by atoms with Gasteiger partial charge < -0.3 is 24.0 Å². The van der Waals surface area contributed by atoms with Crippen LogP contribution in [-0.4, -0.2) is 90.9 Å². The molecule has 148 valence electrons. The van der Waals surface area contributed by atoms with E-state index in [1.54, 1.807) is 28.1 Å². The lowest BCUT2D eigenvalue weighted by Gasteiger charge is -2.34. The molecule has 0 aromatic carbocycles. The van der Waals surface area contributed by atoms with Gasteiger partial charge in [-0.2, -0.15) is 0 Å². The number of carbonyl (C=O) groups is 2. The minimum atomic E-state index is -0.129. The summed E-state index contributed by atoms with van der Waals surface area (Å²) in [5.41, 5.74) is 0.587. The third-order valence-corrected chi connectivity index (χ3v) is 5.41. The number of anilines is 1. The van der Waals surface area contributed by atoms with Crippen LogP contribution in [0.4, 0.5) is 5.82 Å². The van der Waals surface area contributed by atoms with E-state index < -0.39 is 0 Å². The smallest absolute Gasteiger partial charge is 0.289 e. The average Bonchev–Trinajstić information content (AvgIpc) is 3.28. The molecular weight excluding hydrogens is 358 g/mol. The Hall–Kier alpha value is -2.87. The number of hydrogen-bond donors (Lipinski definition) is 0. The van der Waals surface area contributed by atoms with Crippen molar-refractivity contribution in [2.75, 3.05) is 64.3 Å². The largest absolute Gasteiger partial charge is 0.459 e. The quantitative estimate of drug-likeness (QED) is 0.788. The van der Waals surface area contributed by atoms with Crippen LogP contribution >= 0.6 is 0 Å². The zero-order valence-electron chi connectivity index (χ0n) is 16.1. The maximum Gasteiger partial charge on any atom is 0.289 e. The van der Waals surface area contributed by atoms with E-state index in [-0.39, 0.29) is 11.8 Å². The van der Waals surface area contributed by atoms with Crippen LogP contribution in [0.25, 0.3) is 0 Å². The second kappa shape index (κ2) is 8.02.